The van der Waals surface area contributed by atoms with E-state index in [-0.39, 0.29) is 0 Å². The van der Waals surface area contributed by atoms with E-state index < -0.39 is 0 Å². The monoisotopic (exact) mass is 272 g/mol. The molecule has 20 heavy (non-hydrogen) atoms. The molecule has 0 aliphatic heterocycles. The third kappa shape index (κ3) is 3.25. The maximum Gasteiger partial charge on any atom is 0.146 e. The summed E-state index contributed by atoms with van der Waals surface area (Å²) < 4.78 is 2.17. The molecular formula is C16H24N4. The zero-order valence-corrected chi connectivity index (χ0v) is 12.8. The summed E-state index contributed by atoms with van der Waals surface area (Å²) in [6.07, 6.45) is 0.806. The Hall–Kier alpha value is -1.68. The van der Waals surface area contributed by atoms with Crippen LogP contribution in [-0.4, -0.2) is 14.8 Å². The quantitative estimate of drug-likeness (QED) is 0.910. The van der Waals surface area contributed by atoms with Crippen molar-refractivity contribution in [2.45, 2.75) is 47.2 Å². The van der Waals surface area contributed by atoms with Crippen LogP contribution < -0.4 is 5.73 Å². The van der Waals surface area contributed by atoms with Crippen LogP contribution in [0, 0.1) is 19.8 Å². The third-order valence-electron chi connectivity index (χ3n) is 3.57. The zero-order chi connectivity index (χ0) is 14.7. The summed E-state index contributed by atoms with van der Waals surface area (Å²) in [7, 11) is 0. The minimum atomic E-state index is 0.437. The maximum atomic E-state index is 5.75. The van der Waals surface area contributed by atoms with E-state index in [1.54, 1.807) is 0 Å². The smallest absolute Gasteiger partial charge is 0.146 e. The molecule has 2 aromatic rings. The van der Waals surface area contributed by atoms with Crippen molar-refractivity contribution < 1.29 is 0 Å². The lowest BCUT2D eigenvalue weighted by Gasteiger charge is -2.12. The van der Waals surface area contributed by atoms with E-state index in [0.29, 0.717) is 12.5 Å². The third-order valence-corrected chi connectivity index (χ3v) is 3.57. The van der Waals surface area contributed by atoms with Gasteiger partial charge in [-0.3, -0.25) is 0 Å². The van der Waals surface area contributed by atoms with E-state index in [1.165, 1.54) is 16.7 Å². The van der Waals surface area contributed by atoms with Crippen molar-refractivity contribution in [3.8, 4) is 0 Å². The first kappa shape index (κ1) is 14.7. The highest BCUT2D eigenvalue weighted by Crippen LogP contribution is 2.15. The van der Waals surface area contributed by atoms with E-state index in [4.69, 9.17) is 5.73 Å². The van der Waals surface area contributed by atoms with Crippen LogP contribution in [0.1, 0.15) is 42.2 Å². The van der Waals surface area contributed by atoms with Gasteiger partial charge in [-0.25, -0.2) is 0 Å². The molecular weight excluding hydrogens is 248 g/mol. The van der Waals surface area contributed by atoms with E-state index in [1.807, 2.05) is 0 Å². The SMILES string of the molecule is Cc1ccc(Cc2nnc(CN)n2CC(C)C)cc1C. The molecule has 0 spiro atoms. The van der Waals surface area contributed by atoms with Gasteiger partial charge in [0, 0.05) is 13.0 Å². The van der Waals surface area contributed by atoms with Gasteiger partial charge in [0.05, 0.1) is 6.54 Å². The highest BCUT2D eigenvalue weighted by molar-refractivity contribution is 5.31. The number of aryl methyl sites for hydroxylation is 2. The molecule has 4 heteroatoms. The van der Waals surface area contributed by atoms with Crippen LogP contribution in [0.25, 0.3) is 0 Å². The standard InChI is InChI=1S/C16H24N4/c1-11(2)10-20-15(18-19-16(20)9-17)8-14-6-5-12(3)13(4)7-14/h5-7,11H,8-10,17H2,1-4H3. The van der Waals surface area contributed by atoms with Gasteiger partial charge in [0.15, 0.2) is 0 Å². The average molecular weight is 272 g/mol. The highest BCUT2D eigenvalue weighted by Gasteiger charge is 2.12. The molecule has 0 amide bonds. The first-order chi connectivity index (χ1) is 9.51. The van der Waals surface area contributed by atoms with E-state index in [2.05, 4.69) is 60.7 Å². The lowest BCUT2D eigenvalue weighted by Crippen LogP contribution is -2.14. The summed E-state index contributed by atoms with van der Waals surface area (Å²) in [5, 5.41) is 8.53. The predicted molar refractivity (Wildman–Crippen MR) is 81.5 cm³/mol. The van der Waals surface area contributed by atoms with Gasteiger partial charge in [-0.2, -0.15) is 0 Å². The Balaban J connectivity index is 2.28. The van der Waals surface area contributed by atoms with Crippen molar-refractivity contribution >= 4 is 0 Å². The second-order valence-electron chi connectivity index (χ2n) is 5.84. The second kappa shape index (κ2) is 6.18. The number of rotatable bonds is 5. The van der Waals surface area contributed by atoms with Crippen LogP contribution in [0.4, 0.5) is 0 Å². The number of nitrogens with zero attached hydrogens (tertiary/aromatic N) is 3. The topological polar surface area (TPSA) is 56.7 Å². The summed E-state index contributed by atoms with van der Waals surface area (Å²) in [5.74, 6) is 2.43. The van der Waals surface area contributed by atoms with E-state index in [0.717, 1.165) is 24.6 Å². The molecule has 0 fully saturated rings. The van der Waals surface area contributed by atoms with Gasteiger partial charge in [0.2, 0.25) is 0 Å². The Bertz CT molecular complexity index is 584. The molecule has 0 radical (unpaired) electrons. The molecule has 0 unspecified atom stereocenters. The molecule has 1 aromatic heterocycles. The minimum absolute atomic E-state index is 0.437. The van der Waals surface area contributed by atoms with Crippen molar-refractivity contribution in [3.63, 3.8) is 0 Å². The largest absolute Gasteiger partial charge is 0.324 e. The zero-order valence-electron chi connectivity index (χ0n) is 12.8. The lowest BCUT2D eigenvalue weighted by molar-refractivity contribution is 0.495. The van der Waals surface area contributed by atoms with Crippen molar-refractivity contribution in [1.29, 1.82) is 0 Å². The molecule has 1 heterocycles. The number of benzene rings is 1. The van der Waals surface area contributed by atoms with Gasteiger partial charge < -0.3 is 10.3 Å². The lowest BCUT2D eigenvalue weighted by atomic mass is 10.0. The molecule has 0 bridgehead atoms. The first-order valence-electron chi connectivity index (χ1n) is 7.18. The number of hydrogen-bond acceptors (Lipinski definition) is 3. The van der Waals surface area contributed by atoms with Gasteiger partial charge in [0.1, 0.15) is 11.6 Å². The fourth-order valence-electron chi connectivity index (χ4n) is 2.33. The van der Waals surface area contributed by atoms with Crippen LogP contribution in [0.15, 0.2) is 18.2 Å². The predicted octanol–water partition coefficient (Wildman–Crippen LogP) is 2.60. The molecule has 2 N–H and O–H groups in total. The molecule has 0 aliphatic rings. The molecule has 2 rings (SSSR count). The maximum absolute atomic E-state index is 5.75. The van der Waals surface area contributed by atoms with Crippen LogP contribution >= 0.6 is 0 Å². The molecule has 108 valence electrons. The van der Waals surface area contributed by atoms with Gasteiger partial charge in [-0.05, 0) is 36.5 Å². The Kier molecular flexibility index (Phi) is 4.55. The molecule has 0 saturated carbocycles. The summed E-state index contributed by atoms with van der Waals surface area (Å²) in [4.78, 5) is 0. The second-order valence-corrected chi connectivity index (χ2v) is 5.84. The van der Waals surface area contributed by atoms with Crippen molar-refractivity contribution in [1.82, 2.24) is 14.8 Å². The molecule has 0 aliphatic carbocycles. The fourth-order valence-corrected chi connectivity index (χ4v) is 2.33. The molecule has 4 nitrogen and oxygen atoms in total. The van der Waals surface area contributed by atoms with Gasteiger partial charge in [-0.15, -0.1) is 10.2 Å². The molecule has 0 saturated heterocycles. The first-order valence-corrected chi connectivity index (χ1v) is 7.18. The average Bonchev–Trinajstić information content (AvgIpc) is 2.76. The van der Waals surface area contributed by atoms with Gasteiger partial charge >= 0.3 is 0 Å². The fraction of sp³-hybridized carbons (Fsp3) is 0.500. The van der Waals surface area contributed by atoms with Crippen molar-refractivity contribution in [3.05, 3.63) is 46.5 Å². The Labute approximate surface area is 121 Å². The number of nitrogens with two attached hydrogens (primary N) is 1. The van der Waals surface area contributed by atoms with E-state index in [9.17, 15) is 0 Å². The summed E-state index contributed by atoms with van der Waals surface area (Å²) in [6, 6.07) is 6.56. The Morgan fingerprint density at radius 3 is 2.40 bits per heavy atom. The number of aromatic nitrogens is 3. The van der Waals surface area contributed by atoms with Crippen molar-refractivity contribution in [2.75, 3.05) is 0 Å². The Morgan fingerprint density at radius 1 is 1.10 bits per heavy atom. The van der Waals surface area contributed by atoms with Crippen LogP contribution in [0.2, 0.25) is 0 Å². The number of hydrogen-bond donors (Lipinski definition) is 1. The Morgan fingerprint density at radius 2 is 1.80 bits per heavy atom. The van der Waals surface area contributed by atoms with Gasteiger partial charge in [0.25, 0.3) is 0 Å². The van der Waals surface area contributed by atoms with Crippen LogP contribution in [0.3, 0.4) is 0 Å². The van der Waals surface area contributed by atoms with Crippen molar-refractivity contribution in [2.24, 2.45) is 11.7 Å². The summed E-state index contributed by atoms with van der Waals surface area (Å²) in [6.45, 7) is 10.0. The molecule has 1 aromatic carbocycles. The highest BCUT2D eigenvalue weighted by atomic mass is 15.3. The summed E-state index contributed by atoms with van der Waals surface area (Å²) >= 11 is 0. The van der Waals surface area contributed by atoms with E-state index >= 15 is 0 Å². The normalized spacial score (nSPS) is 11.3. The van der Waals surface area contributed by atoms with Crippen LogP contribution in [0.5, 0.6) is 0 Å². The summed E-state index contributed by atoms with van der Waals surface area (Å²) in [5.41, 5.74) is 9.66. The molecule has 0 atom stereocenters. The van der Waals surface area contributed by atoms with Crippen LogP contribution in [-0.2, 0) is 19.5 Å². The minimum Gasteiger partial charge on any atom is -0.324 e. The van der Waals surface area contributed by atoms with Gasteiger partial charge in [-0.1, -0.05) is 32.0 Å².